The van der Waals surface area contributed by atoms with Gasteiger partial charge in [-0.25, -0.2) is 18.2 Å². The van der Waals surface area contributed by atoms with Gasteiger partial charge in [-0.2, -0.15) is 0 Å². The fraction of sp³-hybridized carbons (Fsp3) is 0.357. The van der Waals surface area contributed by atoms with Crippen LogP contribution in [0.1, 0.15) is 22.3 Å². The number of halogens is 3. The highest BCUT2D eigenvalue weighted by Gasteiger charge is 2.21. The third-order valence-corrected chi connectivity index (χ3v) is 3.91. The number of benzene rings is 1. The lowest BCUT2D eigenvalue weighted by Crippen LogP contribution is -2.26. The Morgan fingerprint density at radius 2 is 1.95 bits per heavy atom. The number of rotatable bonds is 6. The molecule has 1 aromatic heterocycles. The summed E-state index contributed by atoms with van der Waals surface area (Å²) in [5.41, 5.74) is 1.11. The van der Waals surface area contributed by atoms with Crippen LogP contribution < -0.4 is 5.32 Å². The van der Waals surface area contributed by atoms with Gasteiger partial charge in [-0.3, -0.25) is 0 Å². The van der Waals surface area contributed by atoms with Crippen molar-refractivity contribution in [3.8, 4) is 0 Å². The standard InChI is InChI=1S/C14H15F3N2OS/c1-8-7-21-14(19-8)13(18-3-4-20-2)9-5-10(15)12(17)11(16)6-9/h5-7,13,18H,3-4H2,1-2H3. The lowest BCUT2D eigenvalue weighted by Gasteiger charge is -2.17. The molecule has 1 unspecified atom stereocenters. The van der Waals surface area contributed by atoms with Gasteiger partial charge in [-0.05, 0) is 24.6 Å². The third-order valence-electron chi connectivity index (χ3n) is 2.88. The Morgan fingerprint density at radius 1 is 1.29 bits per heavy atom. The minimum Gasteiger partial charge on any atom is -0.383 e. The van der Waals surface area contributed by atoms with E-state index in [1.807, 2.05) is 12.3 Å². The van der Waals surface area contributed by atoms with Crippen LogP contribution in [0.15, 0.2) is 17.5 Å². The molecule has 0 radical (unpaired) electrons. The van der Waals surface area contributed by atoms with Crippen LogP contribution in [0, 0.1) is 24.4 Å². The summed E-state index contributed by atoms with van der Waals surface area (Å²) in [4.78, 5) is 4.32. The fourth-order valence-corrected chi connectivity index (χ4v) is 2.80. The number of hydrogen-bond donors (Lipinski definition) is 1. The highest BCUT2D eigenvalue weighted by Crippen LogP contribution is 2.27. The van der Waals surface area contributed by atoms with Crippen LogP contribution in [0.3, 0.4) is 0 Å². The zero-order valence-corrected chi connectivity index (χ0v) is 12.4. The van der Waals surface area contributed by atoms with E-state index in [4.69, 9.17) is 4.74 Å². The maximum atomic E-state index is 13.4. The molecule has 21 heavy (non-hydrogen) atoms. The molecule has 3 nitrogen and oxygen atoms in total. The van der Waals surface area contributed by atoms with E-state index in [0.717, 1.165) is 17.8 Å². The van der Waals surface area contributed by atoms with Crippen LogP contribution in [-0.4, -0.2) is 25.2 Å². The van der Waals surface area contributed by atoms with Gasteiger partial charge >= 0.3 is 0 Å². The molecule has 0 aliphatic carbocycles. The lowest BCUT2D eigenvalue weighted by molar-refractivity contribution is 0.197. The van der Waals surface area contributed by atoms with Gasteiger partial charge in [0, 0.05) is 24.7 Å². The van der Waals surface area contributed by atoms with Crippen molar-refractivity contribution in [2.45, 2.75) is 13.0 Å². The van der Waals surface area contributed by atoms with E-state index in [1.54, 1.807) is 7.11 Å². The van der Waals surface area contributed by atoms with Crippen LogP contribution in [0.25, 0.3) is 0 Å². The molecule has 1 N–H and O–H groups in total. The zero-order valence-electron chi connectivity index (χ0n) is 11.6. The molecule has 0 fully saturated rings. The number of aryl methyl sites for hydroxylation is 1. The van der Waals surface area contributed by atoms with E-state index < -0.39 is 23.5 Å². The van der Waals surface area contributed by atoms with Crippen LogP contribution in [0.2, 0.25) is 0 Å². The molecule has 1 heterocycles. The molecule has 0 aliphatic heterocycles. The van der Waals surface area contributed by atoms with Crippen molar-refractivity contribution in [3.05, 3.63) is 51.2 Å². The SMILES string of the molecule is COCCNC(c1cc(F)c(F)c(F)c1)c1nc(C)cs1. The Morgan fingerprint density at radius 3 is 2.48 bits per heavy atom. The van der Waals surface area contributed by atoms with Gasteiger partial charge in [0.2, 0.25) is 0 Å². The van der Waals surface area contributed by atoms with Crippen LogP contribution >= 0.6 is 11.3 Å². The molecular formula is C14H15F3N2OS. The van der Waals surface area contributed by atoms with E-state index in [1.165, 1.54) is 11.3 Å². The largest absolute Gasteiger partial charge is 0.383 e. The highest BCUT2D eigenvalue weighted by atomic mass is 32.1. The van der Waals surface area contributed by atoms with Gasteiger partial charge in [0.25, 0.3) is 0 Å². The summed E-state index contributed by atoms with van der Waals surface area (Å²) in [5.74, 6) is -3.89. The second-order valence-electron chi connectivity index (χ2n) is 4.51. The smallest absolute Gasteiger partial charge is 0.194 e. The molecule has 2 aromatic rings. The van der Waals surface area contributed by atoms with Crippen molar-refractivity contribution in [2.75, 3.05) is 20.3 Å². The number of methoxy groups -OCH3 is 1. The van der Waals surface area contributed by atoms with E-state index in [0.29, 0.717) is 18.2 Å². The number of aromatic nitrogens is 1. The summed E-state index contributed by atoms with van der Waals surface area (Å²) in [6, 6.07) is 1.46. The second kappa shape index (κ2) is 7.02. The Bertz CT molecular complexity index is 595. The first kappa shape index (κ1) is 15.9. The molecule has 0 saturated heterocycles. The average Bonchev–Trinajstić information content (AvgIpc) is 2.87. The number of ether oxygens (including phenoxy) is 1. The quantitative estimate of drug-likeness (QED) is 0.656. The monoisotopic (exact) mass is 316 g/mol. The van der Waals surface area contributed by atoms with Gasteiger partial charge in [-0.1, -0.05) is 0 Å². The molecule has 7 heteroatoms. The normalized spacial score (nSPS) is 12.6. The second-order valence-corrected chi connectivity index (χ2v) is 5.40. The molecular weight excluding hydrogens is 301 g/mol. The number of nitrogens with one attached hydrogen (secondary N) is 1. The van der Waals surface area contributed by atoms with Crippen LogP contribution in [-0.2, 0) is 4.74 Å². The summed E-state index contributed by atoms with van der Waals surface area (Å²) in [6.45, 7) is 2.74. The lowest BCUT2D eigenvalue weighted by atomic mass is 10.1. The third kappa shape index (κ3) is 3.81. The molecule has 0 amide bonds. The molecule has 0 spiro atoms. The minimum atomic E-state index is -1.47. The van der Waals surface area contributed by atoms with E-state index in [-0.39, 0.29) is 5.56 Å². The van der Waals surface area contributed by atoms with Crippen molar-refractivity contribution in [1.82, 2.24) is 10.3 Å². The summed E-state index contributed by atoms with van der Waals surface area (Å²) >= 11 is 1.37. The van der Waals surface area contributed by atoms with Gasteiger partial charge in [0.1, 0.15) is 5.01 Å². The zero-order chi connectivity index (χ0) is 15.4. The maximum Gasteiger partial charge on any atom is 0.194 e. The van der Waals surface area contributed by atoms with Gasteiger partial charge in [-0.15, -0.1) is 11.3 Å². The molecule has 1 aromatic carbocycles. The van der Waals surface area contributed by atoms with Crippen molar-refractivity contribution in [3.63, 3.8) is 0 Å². The van der Waals surface area contributed by atoms with Crippen molar-refractivity contribution in [1.29, 1.82) is 0 Å². The predicted octanol–water partition coefficient (Wildman–Crippen LogP) is 3.19. The topological polar surface area (TPSA) is 34.1 Å². The first-order valence-corrected chi connectivity index (χ1v) is 7.19. The molecule has 1 atom stereocenters. The van der Waals surface area contributed by atoms with Crippen molar-refractivity contribution < 1.29 is 17.9 Å². The molecule has 114 valence electrons. The van der Waals surface area contributed by atoms with Crippen LogP contribution in [0.5, 0.6) is 0 Å². The Hall–Kier alpha value is -1.44. The van der Waals surface area contributed by atoms with Gasteiger partial charge < -0.3 is 10.1 Å². The maximum absolute atomic E-state index is 13.4. The summed E-state index contributed by atoms with van der Waals surface area (Å²) in [6.07, 6.45) is 0. The number of thiazole rings is 1. The van der Waals surface area contributed by atoms with E-state index >= 15 is 0 Å². The average molecular weight is 316 g/mol. The Labute approximate surface area is 124 Å². The summed E-state index contributed by atoms with van der Waals surface area (Å²) < 4.78 is 44.9. The van der Waals surface area contributed by atoms with Gasteiger partial charge in [0.05, 0.1) is 12.6 Å². The highest BCUT2D eigenvalue weighted by molar-refractivity contribution is 7.09. The first-order valence-electron chi connectivity index (χ1n) is 6.31. The first-order chi connectivity index (χ1) is 10.0. The predicted molar refractivity (Wildman–Crippen MR) is 74.9 cm³/mol. The minimum absolute atomic E-state index is 0.289. The fourth-order valence-electron chi connectivity index (χ4n) is 1.90. The summed E-state index contributed by atoms with van der Waals surface area (Å²) in [7, 11) is 1.56. The van der Waals surface area contributed by atoms with Crippen LogP contribution in [0.4, 0.5) is 13.2 Å². The Kier molecular flexibility index (Phi) is 5.33. The molecule has 0 aliphatic rings. The molecule has 2 rings (SSSR count). The van der Waals surface area contributed by atoms with E-state index in [2.05, 4.69) is 10.3 Å². The summed E-state index contributed by atoms with van der Waals surface area (Å²) in [5, 5.41) is 5.61. The number of nitrogens with zero attached hydrogens (tertiary/aromatic N) is 1. The molecule has 0 saturated carbocycles. The molecule has 0 bridgehead atoms. The van der Waals surface area contributed by atoms with E-state index in [9.17, 15) is 13.2 Å². The Balaban J connectivity index is 2.34. The van der Waals surface area contributed by atoms with Gasteiger partial charge in [0.15, 0.2) is 17.5 Å². The van der Waals surface area contributed by atoms with Crippen molar-refractivity contribution in [2.24, 2.45) is 0 Å². The number of hydrogen-bond acceptors (Lipinski definition) is 4. The van der Waals surface area contributed by atoms with Crippen molar-refractivity contribution >= 4 is 11.3 Å².